The highest BCUT2D eigenvalue weighted by molar-refractivity contribution is 5.85. The van der Waals surface area contributed by atoms with E-state index < -0.39 is 11.6 Å². The van der Waals surface area contributed by atoms with E-state index in [2.05, 4.69) is 11.8 Å². The first-order valence-electron chi connectivity index (χ1n) is 11.3. The Balaban J connectivity index is 1.48. The molecule has 0 amide bonds. The van der Waals surface area contributed by atoms with Gasteiger partial charge in [-0.3, -0.25) is 4.90 Å². The molecule has 1 heterocycles. The Morgan fingerprint density at radius 1 is 1.00 bits per heavy atom. The van der Waals surface area contributed by atoms with Gasteiger partial charge in [-0.2, -0.15) is 0 Å². The van der Waals surface area contributed by atoms with Crippen LogP contribution >= 0.6 is 0 Å². The Kier molecular flexibility index (Phi) is 6.26. The molecule has 2 aromatic rings. The lowest BCUT2D eigenvalue weighted by molar-refractivity contribution is -0.163. The maximum atomic E-state index is 13.2. The van der Waals surface area contributed by atoms with Crippen LogP contribution in [-0.2, 0) is 15.1 Å². The van der Waals surface area contributed by atoms with Gasteiger partial charge in [0.2, 0.25) is 5.60 Å². The van der Waals surface area contributed by atoms with E-state index in [1.807, 2.05) is 36.4 Å². The van der Waals surface area contributed by atoms with Gasteiger partial charge in [-0.25, -0.2) is 4.79 Å². The molecule has 0 aromatic heterocycles. The third-order valence-corrected chi connectivity index (χ3v) is 7.20. The summed E-state index contributed by atoms with van der Waals surface area (Å²) in [6.07, 6.45) is 8.90. The van der Waals surface area contributed by atoms with Crippen LogP contribution in [0.15, 0.2) is 60.7 Å². The first-order valence-corrected chi connectivity index (χ1v) is 11.3. The zero-order chi connectivity index (χ0) is 21.0. The van der Waals surface area contributed by atoms with Crippen LogP contribution in [0.5, 0.6) is 0 Å². The number of benzene rings is 2. The van der Waals surface area contributed by atoms with Gasteiger partial charge in [0, 0.05) is 18.1 Å². The first kappa shape index (κ1) is 21.1. The standard InChI is InChI=1S/C26H33NO3/c1-21-15-18-25(16-9-4-10-17-25)27(21)19-20-30-24(28)26(29,22-11-5-2-6-12-22)23-13-7-3-8-14-23/h2-3,5-8,11-14,21,29H,4,9-10,15-20H2,1H3. The zero-order valence-corrected chi connectivity index (χ0v) is 17.9. The second kappa shape index (κ2) is 8.91. The van der Waals surface area contributed by atoms with Crippen molar-refractivity contribution in [1.82, 2.24) is 4.90 Å². The monoisotopic (exact) mass is 407 g/mol. The summed E-state index contributed by atoms with van der Waals surface area (Å²) >= 11 is 0. The van der Waals surface area contributed by atoms with Gasteiger partial charge in [0.05, 0.1) is 0 Å². The lowest BCUT2D eigenvalue weighted by Crippen LogP contribution is -2.49. The van der Waals surface area contributed by atoms with Crippen molar-refractivity contribution in [3.63, 3.8) is 0 Å². The molecule has 2 aliphatic rings. The fourth-order valence-corrected chi connectivity index (χ4v) is 5.55. The molecule has 1 saturated carbocycles. The normalized spacial score (nSPS) is 21.6. The van der Waals surface area contributed by atoms with Crippen molar-refractivity contribution in [3.05, 3.63) is 71.8 Å². The molecule has 0 bridgehead atoms. The van der Waals surface area contributed by atoms with Crippen molar-refractivity contribution in [2.45, 2.75) is 69.1 Å². The summed E-state index contributed by atoms with van der Waals surface area (Å²) in [7, 11) is 0. The Labute approximate surface area is 179 Å². The molecule has 2 aromatic carbocycles. The van der Waals surface area contributed by atoms with Crippen LogP contribution < -0.4 is 0 Å². The lowest BCUT2D eigenvalue weighted by Gasteiger charge is -2.43. The quantitative estimate of drug-likeness (QED) is 0.708. The predicted molar refractivity (Wildman–Crippen MR) is 118 cm³/mol. The Morgan fingerprint density at radius 3 is 2.13 bits per heavy atom. The van der Waals surface area contributed by atoms with Crippen LogP contribution in [0.1, 0.15) is 63.0 Å². The maximum Gasteiger partial charge on any atom is 0.347 e. The maximum absolute atomic E-state index is 13.2. The Morgan fingerprint density at radius 2 is 1.57 bits per heavy atom. The summed E-state index contributed by atoms with van der Waals surface area (Å²) in [4.78, 5) is 15.8. The predicted octanol–water partition coefficient (Wildman–Crippen LogP) is 4.65. The minimum absolute atomic E-state index is 0.291. The van der Waals surface area contributed by atoms with E-state index in [1.165, 1.54) is 44.9 Å². The number of rotatable bonds is 6. The third-order valence-electron chi connectivity index (χ3n) is 7.20. The molecule has 4 nitrogen and oxygen atoms in total. The van der Waals surface area contributed by atoms with Gasteiger partial charge in [-0.05, 0) is 43.7 Å². The molecule has 1 atom stereocenters. The molecular formula is C26H33NO3. The second-order valence-corrected chi connectivity index (χ2v) is 8.94. The second-order valence-electron chi connectivity index (χ2n) is 8.94. The summed E-state index contributed by atoms with van der Waals surface area (Å²) in [6, 6.07) is 18.7. The molecule has 1 unspecified atom stereocenters. The minimum atomic E-state index is -1.80. The van der Waals surface area contributed by atoms with E-state index in [-0.39, 0.29) is 0 Å². The fraction of sp³-hybridized carbons (Fsp3) is 0.500. The van der Waals surface area contributed by atoms with Crippen molar-refractivity contribution >= 4 is 5.97 Å². The van der Waals surface area contributed by atoms with Crippen LogP contribution in [0.4, 0.5) is 0 Å². The summed E-state index contributed by atoms with van der Waals surface area (Å²) in [5.74, 6) is -0.607. The van der Waals surface area contributed by atoms with Crippen LogP contribution in [0.25, 0.3) is 0 Å². The zero-order valence-electron chi connectivity index (χ0n) is 17.9. The third kappa shape index (κ3) is 3.91. The van der Waals surface area contributed by atoms with E-state index in [9.17, 15) is 9.90 Å². The Hall–Kier alpha value is -2.17. The highest BCUT2D eigenvalue weighted by atomic mass is 16.5. The smallest absolute Gasteiger partial charge is 0.347 e. The van der Waals surface area contributed by atoms with E-state index >= 15 is 0 Å². The number of carbonyl (C=O) groups excluding carboxylic acids is 1. The Bertz CT molecular complexity index is 785. The number of aliphatic hydroxyl groups is 1. The number of carbonyl (C=O) groups is 1. The summed E-state index contributed by atoms with van der Waals surface area (Å²) in [6.45, 7) is 3.31. The molecule has 1 aliphatic heterocycles. The van der Waals surface area contributed by atoms with Crippen LogP contribution in [-0.4, -0.2) is 40.7 Å². The number of hydrogen-bond acceptors (Lipinski definition) is 4. The van der Waals surface area contributed by atoms with E-state index in [4.69, 9.17) is 4.74 Å². The number of esters is 1. The minimum Gasteiger partial charge on any atom is -0.462 e. The number of likely N-dealkylation sites (tertiary alicyclic amines) is 1. The topological polar surface area (TPSA) is 49.8 Å². The van der Waals surface area contributed by atoms with Crippen LogP contribution in [0.2, 0.25) is 0 Å². The lowest BCUT2D eigenvalue weighted by atomic mass is 9.80. The highest BCUT2D eigenvalue weighted by Crippen LogP contribution is 2.44. The summed E-state index contributed by atoms with van der Waals surface area (Å²) in [5.41, 5.74) is -0.458. The molecule has 0 radical (unpaired) electrons. The van der Waals surface area contributed by atoms with Crippen molar-refractivity contribution < 1.29 is 14.6 Å². The van der Waals surface area contributed by atoms with Gasteiger partial charge < -0.3 is 9.84 Å². The number of nitrogens with zero attached hydrogens (tertiary/aromatic N) is 1. The number of hydrogen-bond donors (Lipinski definition) is 1. The van der Waals surface area contributed by atoms with Crippen LogP contribution in [0.3, 0.4) is 0 Å². The van der Waals surface area contributed by atoms with E-state index in [1.54, 1.807) is 24.3 Å². The SMILES string of the molecule is CC1CCC2(CCCCC2)N1CCOC(=O)C(O)(c1ccccc1)c1ccccc1. The molecule has 1 spiro atoms. The summed E-state index contributed by atoms with van der Waals surface area (Å²) < 4.78 is 5.73. The molecule has 2 fully saturated rings. The average Bonchev–Trinajstić information content (AvgIpc) is 3.09. The van der Waals surface area contributed by atoms with Gasteiger partial charge in [-0.15, -0.1) is 0 Å². The molecule has 1 aliphatic carbocycles. The fourth-order valence-electron chi connectivity index (χ4n) is 5.55. The van der Waals surface area contributed by atoms with Crippen molar-refractivity contribution in [3.8, 4) is 0 Å². The molecule has 4 heteroatoms. The summed E-state index contributed by atoms with van der Waals surface area (Å²) in [5, 5.41) is 11.5. The molecule has 30 heavy (non-hydrogen) atoms. The van der Waals surface area contributed by atoms with Gasteiger partial charge in [0.25, 0.3) is 0 Å². The number of ether oxygens (including phenoxy) is 1. The van der Waals surface area contributed by atoms with Gasteiger partial charge in [0.15, 0.2) is 0 Å². The molecule has 4 rings (SSSR count). The van der Waals surface area contributed by atoms with Gasteiger partial charge in [0.1, 0.15) is 6.61 Å². The van der Waals surface area contributed by atoms with Gasteiger partial charge >= 0.3 is 5.97 Å². The van der Waals surface area contributed by atoms with Crippen molar-refractivity contribution in [1.29, 1.82) is 0 Å². The van der Waals surface area contributed by atoms with E-state index in [0.29, 0.717) is 29.3 Å². The largest absolute Gasteiger partial charge is 0.462 e. The molecular weight excluding hydrogens is 374 g/mol. The average molecular weight is 408 g/mol. The molecule has 1 N–H and O–H groups in total. The van der Waals surface area contributed by atoms with Crippen molar-refractivity contribution in [2.75, 3.05) is 13.2 Å². The van der Waals surface area contributed by atoms with Crippen LogP contribution in [0, 0.1) is 0 Å². The first-order chi connectivity index (χ1) is 14.6. The molecule has 1 saturated heterocycles. The highest BCUT2D eigenvalue weighted by Gasteiger charge is 2.45. The van der Waals surface area contributed by atoms with E-state index in [0.717, 1.165) is 6.54 Å². The van der Waals surface area contributed by atoms with Gasteiger partial charge in [-0.1, -0.05) is 79.9 Å². The molecule has 160 valence electrons. The van der Waals surface area contributed by atoms with Crippen molar-refractivity contribution in [2.24, 2.45) is 0 Å².